The minimum atomic E-state index is -0.736. The van der Waals surface area contributed by atoms with Gasteiger partial charge in [0.05, 0.1) is 18.3 Å². The van der Waals surface area contributed by atoms with Crippen molar-refractivity contribution >= 4 is 5.97 Å². The minimum absolute atomic E-state index is 0.151. The monoisotopic (exact) mass is 408 g/mol. The molecule has 4 aliphatic carbocycles. The van der Waals surface area contributed by atoms with E-state index in [4.69, 9.17) is 5.11 Å². The Morgan fingerprint density at radius 3 is 2.31 bits per heavy atom. The molecule has 0 radical (unpaired) electrons. The topological polar surface area (TPSA) is 98.0 Å². The van der Waals surface area contributed by atoms with Crippen LogP contribution in [0, 0.1) is 46.3 Å². The number of hydrogen-bond donors (Lipinski definition) is 4. The molecule has 0 aromatic heterocycles. The largest absolute Gasteiger partial charge is 0.481 e. The first-order valence-electron chi connectivity index (χ1n) is 11.9. The Morgan fingerprint density at radius 1 is 0.931 bits per heavy atom. The van der Waals surface area contributed by atoms with E-state index in [1.165, 1.54) is 0 Å². The van der Waals surface area contributed by atoms with Crippen molar-refractivity contribution in [2.24, 2.45) is 46.3 Å². The van der Waals surface area contributed by atoms with Crippen LogP contribution in [-0.2, 0) is 4.79 Å². The zero-order valence-corrected chi connectivity index (χ0v) is 18.3. The molecule has 0 heterocycles. The average Bonchev–Trinajstić information content (AvgIpc) is 3.01. The van der Waals surface area contributed by atoms with Crippen molar-refractivity contribution < 1.29 is 25.2 Å². The summed E-state index contributed by atoms with van der Waals surface area (Å²) in [5.74, 6) is 1.55. The zero-order valence-electron chi connectivity index (χ0n) is 18.3. The smallest absolute Gasteiger partial charge is 0.303 e. The van der Waals surface area contributed by atoms with Gasteiger partial charge >= 0.3 is 5.97 Å². The van der Waals surface area contributed by atoms with Gasteiger partial charge in [0.1, 0.15) is 0 Å². The third-order valence-corrected chi connectivity index (χ3v) is 10.4. The Kier molecular flexibility index (Phi) is 5.57. The van der Waals surface area contributed by atoms with Gasteiger partial charge in [0.2, 0.25) is 0 Å². The molecule has 0 aromatic carbocycles. The maximum absolute atomic E-state index is 11.5. The van der Waals surface area contributed by atoms with Crippen LogP contribution < -0.4 is 0 Å². The predicted octanol–water partition coefficient (Wildman–Crippen LogP) is 3.45. The number of rotatable bonds is 4. The third-order valence-electron chi connectivity index (χ3n) is 10.4. The lowest BCUT2D eigenvalue weighted by atomic mass is 9.43. The van der Waals surface area contributed by atoms with E-state index < -0.39 is 24.3 Å². The Balaban J connectivity index is 1.59. The highest BCUT2D eigenvalue weighted by molar-refractivity contribution is 5.66. The van der Waals surface area contributed by atoms with Gasteiger partial charge in [0, 0.05) is 6.42 Å². The first-order chi connectivity index (χ1) is 13.6. The second kappa shape index (κ2) is 7.49. The number of carboxylic acid groups (broad SMARTS) is 1. The Hall–Kier alpha value is -0.650. The van der Waals surface area contributed by atoms with E-state index in [1.54, 1.807) is 0 Å². The second-order valence-electron chi connectivity index (χ2n) is 11.4. The minimum Gasteiger partial charge on any atom is -0.481 e. The fourth-order valence-corrected chi connectivity index (χ4v) is 8.78. The summed E-state index contributed by atoms with van der Waals surface area (Å²) in [6, 6.07) is 0. The van der Waals surface area contributed by atoms with Crippen LogP contribution in [0.1, 0.15) is 78.6 Å². The predicted molar refractivity (Wildman–Crippen MR) is 110 cm³/mol. The Labute approximate surface area is 174 Å². The molecular formula is C24H40O5. The van der Waals surface area contributed by atoms with Crippen molar-refractivity contribution in [3.63, 3.8) is 0 Å². The molecule has 0 bridgehead atoms. The number of carboxylic acids is 1. The van der Waals surface area contributed by atoms with Crippen molar-refractivity contribution in [3.05, 3.63) is 0 Å². The average molecular weight is 409 g/mol. The van der Waals surface area contributed by atoms with Crippen LogP contribution in [0.4, 0.5) is 0 Å². The molecular weight excluding hydrogens is 368 g/mol. The molecule has 0 saturated heterocycles. The highest BCUT2D eigenvalue weighted by atomic mass is 16.4. The molecule has 4 N–H and O–H groups in total. The van der Waals surface area contributed by atoms with Gasteiger partial charge in [0.25, 0.3) is 0 Å². The van der Waals surface area contributed by atoms with E-state index in [0.717, 1.165) is 38.5 Å². The summed E-state index contributed by atoms with van der Waals surface area (Å²) in [6.07, 6.45) is 5.95. The van der Waals surface area contributed by atoms with E-state index in [2.05, 4.69) is 20.8 Å². The van der Waals surface area contributed by atoms with Crippen molar-refractivity contribution in [1.29, 1.82) is 0 Å². The number of carbonyl (C=O) groups is 1. The van der Waals surface area contributed by atoms with Gasteiger partial charge in [-0.3, -0.25) is 4.79 Å². The van der Waals surface area contributed by atoms with E-state index >= 15 is 0 Å². The van der Waals surface area contributed by atoms with Crippen LogP contribution in [0.25, 0.3) is 0 Å². The summed E-state index contributed by atoms with van der Waals surface area (Å²) in [5, 5.41) is 41.8. The fraction of sp³-hybridized carbons (Fsp3) is 0.958. The molecule has 0 aromatic rings. The summed E-state index contributed by atoms with van der Waals surface area (Å²) in [5.41, 5.74) is -0.362. The van der Waals surface area contributed by atoms with Crippen LogP contribution in [0.2, 0.25) is 0 Å². The van der Waals surface area contributed by atoms with Gasteiger partial charge in [0.15, 0.2) is 0 Å². The molecule has 0 spiro atoms. The van der Waals surface area contributed by atoms with Crippen LogP contribution >= 0.6 is 0 Å². The van der Waals surface area contributed by atoms with Crippen molar-refractivity contribution in [3.8, 4) is 0 Å². The SMILES string of the molecule is C[C@H](CCC(=O)O)[C@H]1CC[C@H]2[C@H]3CC[C@@H]4C[C@H](O)C[C@@H](O)[C@]4(C)[C@H]3C[C@H](O)[C@]12C. The van der Waals surface area contributed by atoms with Crippen LogP contribution in [-0.4, -0.2) is 44.7 Å². The van der Waals surface area contributed by atoms with E-state index in [1.807, 2.05) is 0 Å². The summed E-state index contributed by atoms with van der Waals surface area (Å²) in [6.45, 7) is 6.66. The maximum Gasteiger partial charge on any atom is 0.303 e. The Bertz CT molecular complexity index is 637. The molecule has 0 unspecified atom stereocenters. The van der Waals surface area contributed by atoms with E-state index in [9.17, 15) is 20.1 Å². The summed E-state index contributed by atoms with van der Waals surface area (Å²) >= 11 is 0. The van der Waals surface area contributed by atoms with E-state index in [0.29, 0.717) is 48.3 Å². The number of hydrogen-bond acceptors (Lipinski definition) is 4. The highest BCUT2D eigenvalue weighted by Crippen LogP contribution is 2.68. The highest BCUT2D eigenvalue weighted by Gasteiger charge is 2.65. The second-order valence-corrected chi connectivity index (χ2v) is 11.4. The van der Waals surface area contributed by atoms with Gasteiger partial charge in [-0.25, -0.2) is 0 Å². The Morgan fingerprint density at radius 2 is 1.62 bits per heavy atom. The van der Waals surface area contributed by atoms with Crippen LogP contribution in [0.15, 0.2) is 0 Å². The quantitative estimate of drug-likeness (QED) is 0.571. The zero-order chi connectivity index (χ0) is 21.1. The molecule has 4 aliphatic rings. The first-order valence-corrected chi connectivity index (χ1v) is 11.9. The molecule has 4 rings (SSSR count). The molecule has 0 amide bonds. The van der Waals surface area contributed by atoms with Gasteiger partial charge < -0.3 is 20.4 Å². The van der Waals surface area contributed by atoms with Crippen LogP contribution in [0.3, 0.4) is 0 Å². The standard InChI is InChI=1S/C24H40O5/c1-13(4-9-22(28)29)17-7-8-18-16-6-5-14-10-15(25)11-20(26)23(14,2)19(16)12-21(27)24(17,18)3/h13-21,25-27H,4-12H2,1-3H3,(H,28,29)/t13-,14-,15+,16-,17-,18+,19+,20-,21+,23+,24-/m1/s1. The first kappa shape index (κ1) is 21.6. The number of aliphatic hydroxyl groups excluding tert-OH is 3. The molecule has 29 heavy (non-hydrogen) atoms. The lowest BCUT2D eigenvalue weighted by Crippen LogP contribution is -2.62. The van der Waals surface area contributed by atoms with Gasteiger partial charge in [-0.05, 0) is 97.7 Å². The fourth-order valence-electron chi connectivity index (χ4n) is 8.78. The maximum atomic E-state index is 11.5. The molecule has 5 heteroatoms. The summed E-state index contributed by atoms with van der Waals surface area (Å²) in [4.78, 5) is 11.1. The molecule has 4 fully saturated rings. The number of aliphatic carboxylic acids is 1. The van der Waals surface area contributed by atoms with Crippen molar-refractivity contribution in [2.45, 2.75) is 96.9 Å². The lowest BCUT2D eigenvalue weighted by Gasteiger charge is -2.63. The molecule has 4 saturated carbocycles. The molecule has 5 nitrogen and oxygen atoms in total. The van der Waals surface area contributed by atoms with Crippen molar-refractivity contribution in [1.82, 2.24) is 0 Å². The van der Waals surface area contributed by atoms with Crippen molar-refractivity contribution in [2.75, 3.05) is 0 Å². The lowest BCUT2D eigenvalue weighted by molar-refractivity contribution is -0.207. The number of aliphatic hydroxyl groups is 3. The number of fused-ring (bicyclic) bond motifs is 5. The summed E-state index contributed by atoms with van der Waals surface area (Å²) < 4.78 is 0. The van der Waals surface area contributed by atoms with Gasteiger partial charge in [-0.15, -0.1) is 0 Å². The van der Waals surface area contributed by atoms with E-state index in [-0.39, 0.29) is 17.3 Å². The molecule has 166 valence electrons. The van der Waals surface area contributed by atoms with Gasteiger partial charge in [-0.2, -0.15) is 0 Å². The van der Waals surface area contributed by atoms with Gasteiger partial charge in [-0.1, -0.05) is 20.8 Å². The third kappa shape index (κ3) is 3.18. The van der Waals surface area contributed by atoms with Crippen LogP contribution in [0.5, 0.6) is 0 Å². The summed E-state index contributed by atoms with van der Waals surface area (Å²) in [7, 11) is 0. The normalized spacial score (nSPS) is 52.9. The molecule has 11 atom stereocenters. The molecule has 0 aliphatic heterocycles.